The Bertz CT molecular complexity index is 1700. The summed E-state index contributed by atoms with van der Waals surface area (Å²) in [5, 5.41) is 2.77. The number of halogens is 3. The van der Waals surface area contributed by atoms with Crippen molar-refractivity contribution in [1.29, 1.82) is 0 Å². The minimum absolute atomic E-state index is 0.0948. The Hall–Kier alpha value is -4.45. The standard InChI is InChI=1S/C25H18ClF2N7O3/c26-16-5-6-34-12-31-22(17(34)7-16)23(38-13-36)24(37)33-20-8-18(29-11-30-20)25(27,28)19-10-35-9-15(14-1-2-14)3-4-21(35)32-19/h3-14,23H,1-2H2,(H,29,30,33,37). The molecule has 1 atom stereocenters. The third-order valence-corrected chi connectivity index (χ3v) is 6.53. The maximum atomic E-state index is 15.5. The largest absolute Gasteiger partial charge is 0.448 e. The molecule has 0 aliphatic heterocycles. The van der Waals surface area contributed by atoms with Gasteiger partial charge in [-0.05, 0) is 42.5 Å². The molecule has 1 aliphatic carbocycles. The maximum absolute atomic E-state index is 15.5. The molecule has 1 N–H and O–H groups in total. The second kappa shape index (κ2) is 9.14. The number of amides is 1. The molecule has 0 saturated heterocycles. The summed E-state index contributed by atoms with van der Waals surface area (Å²) in [5.41, 5.74) is 0.827. The summed E-state index contributed by atoms with van der Waals surface area (Å²) in [6.45, 7) is 0.0948. The van der Waals surface area contributed by atoms with Crippen LogP contribution in [0.4, 0.5) is 14.6 Å². The van der Waals surface area contributed by atoms with E-state index < -0.39 is 29.3 Å². The minimum atomic E-state index is -3.58. The summed E-state index contributed by atoms with van der Waals surface area (Å²) in [4.78, 5) is 40.0. The molecule has 1 unspecified atom stereocenters. The fraction of sp³-hybridized carbons (Fsp3) is 0.200. The smallest absolute Gasteiger partial charge is 0.333 e. The Labute approximate surface area is 218 Å². The van der Waals surface area contributed by atoms with Crippen LogP contribution in [0.1, 0.15) is 47.5 Å². The highest BCUT2D eigenvalue weighted by Crippen LogP contribution is 2.40. The lowest BCUT2D eigenvalue weighted by atomic mass is 10.1. The fourth-order valence-corrected chi connectivity index (χ4v) is 4.39. The lowest BCUT2D eigenvalue weighted by molar-refractivity contribution is -0.142. The Balaban J connectivity index is 1.27. The number of pyridine rings is 2. The van der Waals surface area contributed by atoms with Crippen LogP contribution < -0.4 is 5.32 Å². The van der Waals surface area contributed by atoms with Gasteiger partial charge in [0.1, 0.15) is 34.9 Å². The van der Waals surface area contributed by atoms with Crippen molar-refractivity contribution in [1.82, 2.24) is 28.7 Å². The molecule has 5 aromatic rings. The van der Waals surface area contributed by atoms with Crippen LogP contribution in [-0.2, 0) is 20.2 Å². The molecular weight excluding hydrogens is 520 g/mol. The van der Waals surface area contributed by atoms with Crippen molar-refractivity contribution >= 4 is 41.0 Å². The average Bonchev–Trinajstić information content (AvgIpc) is 3.54. The number of nitrogens with zero attached hydrogens (tertiary/aromatic N) is 6. The molecule has 1 amide bonds. The van der Waals surface area contributed by atoms with E-state index in [-0.39, 0.29) is 18.0 Å². The van der Waals surface area contributed by atoms with Crippen LogP contribution in [-0.4, -0.2) is 41.1 Å². The number of aromatic nitrogens is 6. The number of hydrogen-bond acceptors (Lipinski definition) is 7. The highest BCUT2D eigenvalue weighted by Gasteiger charge is 2.39. The van der Waals surface area contributed by atoms with Crippen LogP contribution in [0.15, 0.2) is 61.6 Å². The van der Waals surface area contributed by atoms with Crippen molar-refractivity contribution in [3.63, 3.8) is 0 Å². The average molecular weight is 538 g/mol. The second-order valence-corrected chi connectivity index (χ2v) is 9.30. The summed E-state index contributed by atoms with van der Waals surface area (Å²) in [5.74, 6) is -4.20. The summed E-state index contributed by atoms with van der Waals surface area (Å²) in [6.07, 6.45) is 7.70. The molecule has 0 spiro atoms. The minimum Gasteiger partial charge on any atom is -0.448 e. The first kappa shape index (κ1) is 23.9. The van der Waals surface area contributed by atoms with Gasteiger partial charge in [0.05, 0.1) is 11.8 Å². The topological polar surface area (TPSA) is 116 Å². The number of carbonyl (C=O) groups excluding carboxylic acids is 2. The van der Waals surface area contributed by atoms with Gasteiger partial charge in [0.2, 0.25) is 6.10 Å². The molecule has 0 bridgehead atoms. The van der Waals surface area contributed by atoms with Gasteiger partial charge in [-0.2, -0.15) is 8.78 Å². The Morgan fingerprint density at radius 2 is 1.97 bits per heavy atom. The van der Waals surface area contributed by atoms with Gasteiger partial charge in [-0.1, -0.05) is 17.7 Å². The predicted octanol–water partition coefficient (Wildman–Crippen LogP) is 4.30. The molecule has 6 rings (SSSR count). The number of alkyl halides is 2. The Kier molecular flexibility index (Phi) is 5.75. The summed E-state index contributed by atoms with van der Waals surface area (Å²) >= 11 is 6.05. The van der Waals surface area contributed by atoms with Gasteiger partial charge < -0.3 is 18.9 Å². The maximum Gasteiger partial charge on any atom is 0.333 e. The third-order valence-electron chi connectivity index (χ3n) is 6.29. The van der Waals surface area contributed by atoms with E-state index in [2.05, 4.69) is 25.3 Å². The van der Waals surface area contributed by atoms with Crippen molar-refractivity contribution in [3.05, 3.63) is 89.2 Å². The summed E-state index contributed by atoms with van der Waals surface area (Å²) in [7, 11) is 0. The van der Waals surface area contributed by atoms with Crippen molar-refractivity contribution < 1.29 is 23.1 Å². The molecule has 13 heteroatoms. The molecular formula is C25H18ClF2N7O3. The van der Waals surface area contributed by atoms with E-state index in [0.29, 0.717) is 22.1 Å². The van der Waals surface area contributed by atoms with Crippen LogP contribution in [0, 0.1) is 0 Å². The highest BCUT2D eigenvalue weighted by atomic mass is 35.5. The number of imidazole rings is 2. The zero-order valence-electron chi connectivity index (χ0n) is 19.5. The zero-order valence-corrected chi connectivity index (χ0v) is 20.2. The second-order valence-electron chi connectivity index (χ2n) is 8.86. The third kappa shape index (κ3) is 4.32. The lowest BCUT2D eigenvalue weighted by Gasteiger charge is -2.16. The number of fused-ring (bicyclic) bond motifs is 2. The van der Waals surface area contributed by atoms with Crippen LogP contribution in [0.3, 0.4) is 0 Å². The van der Waals surface area contributed by atoms with E-state index in [4.69, 9.17) is 16.3 Å². The number of anilines is 1. The molecule has 0 aromatic carbocycles. The first-order valence-electron chi connectivity index (χ1n) is 11.5. The van der Waals surface area contributed by atoms with Crippen LogP contribution in [0.25, 0.3) is 11.2 Å². The molecule has 10 nitrogen and oxygen atoms in total. The number of carbonyl (C=O) groups is 2. The molecule has 0 radical (unpaired) electrons. The van der Waals surface area contributed by atoms with Gasteiger partial charge >= 0.3 is 5.92 Å². The monoisotopic (exact) mass is 537 g/mol. The molecule has 1 fully saturated rings. The van der Waals surface area contributed by atoms with E-state index >= 15 is 8.78 Å². The molecule has 5 aromatic heterocycles. The Morgan fingerprint density at radius 3 is 2.76 bits per heavy atom. The molecule has 1 aliphatic rings. The number of ether oxygens (including phenoxy) is 1. The number of hydrogen-bond donors (Lipinski definition) is 1. The van der Waals surface area contributed by atoms with Gasteiger partial charge in [0.15, 0.2) is 0 Å². The van der Waals surface area contributed by atoms with Crippen LogP contribution in [0.2, 0.25) is 5.02 Å². The van der Waals surface area contributed by atoms with E-state index in [1.54, 1.807) is 33.2 Å². The first-order valence-corrected chi connectivity index (χ1v) is 11.9. The van der Waals surface area contributed by atoms with Gasteiger partial charge in [-0.15, -0.1) is 0 Å². The van der Waals surface area contributed by atoms with Crippen molar-refractivity contribution in [2.75, 3.05) is 5.32 Å². The molecule has 1 saturated carbocycles. The van der Waals surface area contributed by atoms with E-state index in [9.17, 15) is 9.59 Å². The van der Waals surface area contributed by atoms with Gasteiger partial charge in [-0.25, -0.2) is 19.9 Å². The van der Waals surface area contributed by atoms with Crippen LogP contribution in [0.5, 0.6) is 0 Å². The van der Waals surface area contributed by atoms with E-state index in [1.807, 2.05) is 12.3 Å². The van der Waals surface area contributed by atoms with Crippen molar-refractivity contribution in [2.24, 2.45) is 0 Å². The Morgan fingerprint density at radius 1 is 1.13 bits per heavy atom. The summed E-state index contributed by atoms with van der Waals surface area (Å²) < 4.78 is 39.1. The van der Waals surface area contributed by atoms with Gasteiger partial charge in [0.25, 0.3) is 12.4 Å². The normalized spacial score (nSPS) is 14.5. The predicted molar refractivity (Wildman–Crippen MR) is 131 cm³/mol. The fourth-order valence-electron chi connectivity index (χ4n) is 4.23. The molecule has 38 heavy (non-hydrogen) atoms. The quantitative estimate of drug-likeness (QED) is 0.293. The molecule has 192 valence electrons. The lowest BCUT2D eigenvalue weighted by Crippen LogP contribution is -2.25. The highest BCUT2D eigenvalue weighted by molar-refractivity contribution is 6.30. The number of nitrogens with one attached hydrogen (secondary N) is 1. The van der Waals surface area contributed by atoms with Crippen molar-refractivity contribution in [2.45, 2.75) is 30.8 Å². The van der Waals surface area contributed by atoms with Gasteiger partial charge in [-0.3, -0.25) is 9.59 Å². The molecule has 5 heterocycles. The SMILES string of the molecule is O=COC(C(=O)Nc1cc(C(F)(F)c2cn3cc(C4CC4)ccc3n2)ncn1)c1ncn2ccc(Cl)cc12. The van der Waals surface area contributed by atoms with E-state index in [1.165, 1.54) is 12.5 Å². The van der Waals surface area contributed by atoms with Crippen LogP contribution >= 0.6 is 11.6 Å². The summed E-state index contributed by atoms with van der Waals surface area (Å²) in [6, 6.07) is 7.71. The van der Waals surface area contributed by atoms with Crippen molar-refractivity contribution in [3.8, 4) is 0 Å². The number of rotatable bonds is 8. The first-order chi connectivity index (χ1) is 18.3. The van der Waals surface area contributed by atoms with Gasteiger partial charge in [0, 0.05) is 29.7 Å². The zero-order chi connectivity index (χ0) is 26.4. The van der Waals surface area contributed by atoms with E-state index in [0.717, 1.165) is 30.8 Å².